The third-order valence-electron chi connectivity index (χ3n) is 5.99. The highest BCUT2D eigenvalue weighted by Gasteiger charge is 2.47. The second-order valence-electron chi connectivity index (χ2n) is 7.94. The molecular weight excluding hydrogens is 454 g/mol. The summed E-state index contributed by atoms with van der Waals surface area (Å²) in [6.45, 7) is 2.81. The van der Waals surface area contributed by atoms with E-state index in [1.807, 2.05) is 0 Å². The maximum Gasteiger partial charge on any atom is 0.292 e. The number of hydrogen-bond acceptors (Lipinski definition) is 5. The van der Waals surface area contributed by atoms with Crippen molar-refractivity contribution in [3.8, 4) is 0 Å². The molecule has 2 heterocycles. The van der Waals surface area contributed by atoms with Crippen molar-refractivity contribution in [1.82, 2.24) is 4.31 Å². The minimum atomic E-state index is -3.64. The van der Waals surface area contributed by atoms with E-state index in [4.69, 9.17) is 11.6 Å². The molecular formula is C22H23ClN3O5S+. The number of amides is 2. The molecule has 0 aromatic heterocycles. The molecule has 2 saturated heterocycles. The first-order chi connectivity index (χ1) is 15.2. The number of nitrogens with one attached hydrogen (secondary N) is 1. The highest BCUT2D eigenvalue weighted by Crippen LogP contribution is 2.23. The number of carbonyl (C=O) groups excluding carboxylic acids is 3. The predicted molar refractivity (Wildman–Crippen MR) is 118 cm³/mol. The molecule has 2 aliphatic heterocycles. The van der Waals surface area contributed by atoms with E-state index in [9.17, 15) is 22.8 Å². The standard InChI is InChI=1S/C22H22ClN3O5S/c1-15(27)16-2-6-18(7-3-16)26-21(28)14-20(22(26)29)24-10-12-25(13-11-24)32(30,31)19-8-4-17(23)5-9-19/h2-9,20H,10-14H2,1H3/p+1/t20-/m1/s1. The number of rotatable bonds is 5. The number of anilines is 1. The lowest BCUT2D eigenvalue weighted by atomic mass is 10.1. The van der Waals surface area contributed by atoms with E-state index < -0.39 is 16.1 Å². The van der Waals surface area contributed by atoms with Crippen LogP contribution in [0.3, 0.4) is 0 Å². The van der Waals surface area contributed by atoms with Crippen molar-refractivity contribution in [1.29, 1.82) is 0 Å². The third kappa shape index (κ3) is 4.21. The average molecular weight is 477 g/mol. The molecule has 1 atom stereocenters. The number of carbonyl (C=O) groups is 3. The SMILES string of the molecule is CC(=O)c1ccc(N2C(=O)C[C@@H]([NH+]3CCN(S(=O)(=O)c4ccc(Cl)cc4)CC3)C2=O)cc1. The zero-order valence-corrected chi connectivity index (χ0v) is 19.0. The van der Waals surface area contributed by atoms with Crippen LogP contribution in [0, 0.1) is 0 Å². The van der Waals surface area contributed by atoms with Crippen LogP contribution in [0.5, 0.6) is 0 Å². The van der Waals surface area contributed by atoms with E-state index in [-0.39, 0.29) is 42.0 Å². The van der Waals surface area contributed by atoms with Gasteiger partial charge in [-0.3, -0.25) is 14.4 Å². The Morgan fingerprint density at radius 2 is 1.59 bits per heavy atom. The number of Topliss-reactive ketones (excluding diaryl/α,β-unsaturated/α-hetero) is 1. The highest BCUT2D eigenvalue weighted by atomic mass is 35.5. The van der Waals surface area contributed by atoms with Gasteiger partial charge in [-0.1, -0.05) is 11.6 Å². The summed E-state index contributed by atoms with van der Waals surface area (Å²) in [5.74, 6) is -0.682. The van der Waals surface area contributed by atoms with Crippen LogP contribution in [0.25, 0.3) is 0 Å². The fourth-order valence-electron chi connectivity index (χ4n) is 4.19. The first-order valence-electron chi connectivity index (χ1n) is 10.3. The molecule has 0 bridgehead atoms. The van der Waals surface area contributed by atoms with Crippen LogP contribution in [0.1, 0.15) is 23.7 Å². The first-order valence-corrected chi connectivity index (χ1v) is 12.1. The number of imide groups is 1. The van der Waals surface area contributed by atoms with Crippen molar-refractivity contribution in [3.05, 3.63) is 59.1 Å². The summed E-state index contributed by atoms with van der Waals surface area (Å²) < 4.78 is 27.2. The molecule has 1 N–H and O–H groups in total. The van der Waals surface area contributed by atoms with Gasteiger partial charge < -0.3 is 4.90 Å². The first kappa shape index (κ1) is 22.6. The zero-order chi connectivity index (χ0) is 23.0. The Bertz CT molecular complexity index is 1160. The molecule has 2 aromatic carbocycles. The van der Waals surface area contributed by atoms with E-state index in [1.165, 1.54) is 40.4 Å². The Hall–Kier alpha value is -2.59. The maximum atomic E-state index is 13.0. The second kappa shape index (κ2) is 8.74. The lowest BCUT2D eigenvalue weighted by Gasteiger charge is -2.33. The van der Waals surface area contributed by atoms with Gasteiger partial charge in [-0.25, -0.2) is 13.3 Å². The molecule has 168 valence electrons. The topological polar surface area (TPSA) is 96.3 Å². The summed E-state index contributed by atoms with van der Waals surface area (Å²) >= 11 is 5.85. The van der Waals surface area contributed by atoms with Crippen LogP contribution >= 0.6 is 11.6 Å². The van der Waals surface area contributed by atoms with Gasteiger partial charge in [0.05, 0.1) is 43.2 Å². The van der Waals surface area contributed by atoms with Crippen LogP contribution in [0.2, 0.25) is 5.02 Å². The fourth-order valence-corrected chi connectivity index (χ4v) is 5.75. The van der Waals surface area contributed by atoms with Gasteiger partial charge in [0, 0.05) is 10.6 Å². The minimum Gasteiger partial charge on any atom is -0.322 e. The fraction of sp³-hybridized carbons (Fsp3) is 0.318. The van der Waals surface area contributed by atoms with Gasteiger partial charge in [0.1, 0.15) is 0 Å². The largest absolute Gasteiger partial charge is 0.322 e. The summed E-state index contributed by atoms with van der Waals surface area (Å²) in [7, 11) is -3.64. The normalized spacial score (nSPS) is 20.7. The molecule has 4 rings (SSSR count). The second-order valence-corrected chi connectivity index (χ2v) is 10.3. The third-order valence-corrected chi connectivity index (χ3v) is 8.15. The predicted octanol–water partition coefficient (Wildman–Crippen LogP) is 0.764. The number of piperazine rings is 1. The Balaban J connectivity index is 1.44. The Morgan fingerprint density at radius 1 is 1.00 bits per heavy atom. The molecule has 0 radical (unpaired) electrons. The molecule has 2 aromatic rings. The van der Waals surface area contributed by atoms with Crippen molar-refractivity contribution in [2.45, 2.75) is 24.3 Å². The monoisotopic (exact) mass is 476 g/mol. The van der Waals surface area contributed by atoms with Gasteiger partial charge in [-0.05, 0) is 55.5 Å². The van der Waals surface area contributed by atoms with Gasteiger partial charge in [0.15, 0.2) is 11.8 Å². The molecule has 2 fully saturated rings. The number of nitrogens with zero attached hydrogens (tertiary/aromatic N) is 2. The molecule has 2 aliphatic rings. The average Bonchev–Trinajstić information content (AvgIpc) is 3.08. The molecule has 0 spiro atoms. The molecule has 10 heteroatoms. The van der Waals surface area contributed by atoms with Crippen molar-refractivity contribution in [2.24, 2.45) is 0 Å². The van der Waals surface area contributed by atoms with E-state index in [0.29, 0.717) is 29.4 Å². The highest BCUT2D eigenvalue weighted by molar-refractivity contribution is 7.89. The molecule has 0 saturated carbocycles. The summed E-state index contributed by atoms with van der Waals surface area (Å²) in [4.78, 5) is 39.3. The number of benzene rings is 2. The zero-order valence-electron chi connectivity index (χ0n) is 17.5. The van der Waals surface area contributed by atoms with Gasteiger partial charge >= 0.3 is 0 Å². The number of quaternary nitrogens is 1. The van der Waals surface area contributed by atoms with Crippen molar-refractivity contribution in [3.63, 3.8) is 0 Å². The maximum absolute atomic E-state index is 13.0. The van der Waals surface area contributed by atoms with Gasteiger partial charge in [0.2, 0.25) is 15.9 Å². The minimum absolute atomic E-state index is 0.0760. The van der Waals surface area contributed by atoms with E-state index in [2.05, 4.69) is 0 Å². The van der Waals surface area contributed by atoms with Crippen molar-refractivity contribution in [2.75, 3.05) is 31.1 Å². The summed E-state index contributed by atoms with van der Waals surface area (Å²) in [5.41, 5.74) is 0.948. The van der Waals surface area contributed by atoms with Crippen LogP contribution in [0.15, 0.2) is 53.4 Å². The van der Waals surface area contributed by atoms with E-state index >= 15 is 0 Å². The smallest absolute Gasteiger partial charge is 0.292 e. The van der Waals surface area contributed by atoms with Gasteiger partial charge in [-0.15, -0.1) is 0 Å². The molecule has 32 heavy (non-hydrogen) atoms. The number of sulfonamides is 1. The van der Waals surface area contributed by atoms with Crippen LogP contribution in [-0.2, 0) is 19.6 Å². The number of ketones is 1. The molecule has 8 nitrogen and oxygen atoms in total. The van der Waals surface area contributed by atoms with E-state index in [0.717, 1.165) is 4.90 Å². The Labute approximate surface area is 191 Å². The number of halogens is 1. The van der Waals surface area contributed by atoms with Crippen molar-refractivity contribution < 1.29 is 27.7 Å². The molecule has 2 amide bonds. The quantitative estimate of drug-likeness (QED) is 0.508. The summed E-state index contributed by atoms with van der Waals surface area (Å²) in [6.07, 6.45) is 0.0760. The Morgan fingerprint density at radius 3 is 2.16 bits per heavy atom. The molecule has 0 unspecified atom stereocenters. The summed E-state index contributed by atoms with van der Waals surface area (Å²) in [6, 6.07) is 11.9. The van der Waals surface area contributed by atoms with Crippen LogP contribution in [0.4, 0.5) is 5.69 Å². The van der Waals surface area contributed by atoms with Gasteiger partial charge in [0.25, 0.3) is 5.91 Å². The lowest BCUT2D eigenvalue weighted by molar-refractivity contribution is -0.918. The van der Waals surface area contributed by atoms with Gasteiger partial charge in [-0.2, -0.15) is 4.31 Å². The summed E-state index contributed by atoms with van der Waals surface area (Å²) in [5, 5.41) is 0.461. The van der Waals surface area contributed by atoms with Crippen LogP contribution in [-0.4, -0.2) is 62.5 Å². The van der Waals surface area contributed by atoms with Crippen molar-refractivity contribution >= 4 is 44.9 Å². The molecule has 0 aliphatic carbocycles. The van der Waals surface area contributed by atoms with Crippen LogP contribution < -0.4 is 9.80 Å². The number of hydrogen-bond donors (Lipinski definition) is 1. The lowest BCUT2D eigenvalue weighted by Crippen LogP contribution is -3.19. The van der Waals surface area contributed by atoms with E-state index in [1.54, 1.807) is 24.3 Å². The Kier molecular flexibility index (Phi) is 6.17.